The smallest absolute Gasteiger partial charge is 0.00744 e. The van der Waals surface area contributed by atoms with E-state index >= 15 is 0 Å². The van der Waals surface area contributed by atoms with Gasteiger partial charge in [0.2, 0.25) is 0 Å². The summed E-state index contributed by atoms with van der Waals surface area (Å²) in [5.74, 6) is 0. The van der Waals surface area contributed by atoms with Crippen molar-refractivity contribution < 1.29 is 0 Å². The summed E-state index contributed by atoms with van der Waals surface area (Å²) in [6, 6.07) is 0. The number of hydrogen-bond acceptors (Lipinski definition) is 2. The van der Waals surface area contributed by atoms with Gasteiger partial charge in [-0.1, -0.05) is 26.2 Å². The molecule has 62 valence electrons. The van der Waals surface area contributed by atoms with Crippen LogP contribution in [0.25, 0.3) is 0 Å². The Morgan fingerprint density at radius 2 is 1.80 bits per heavy atom. The standard InChI is InChI=1S/C5H14N2.C3H6/c1-2-4-7-5-3-6;1-2-3-1/h7H,2-6H2,1H3;1-3H2. The Balaban J connectivity index is 0.000000219. The Kier molecular flexibility index (Phi) is 8.85. The lowest BCUT2D eigenvalue weighted by atomic mass is 10.5. The SMILES string of the molecule is C1CC1.CCCNCCN. The summed E-state index contributed by atoms with van der Waals surface area (Å²) in [5.41, 5.74) is 5.21. The summed E-state index contributed by atoms with van der Waals surface area (Å²) in [5, 5.41) is 3.16. The predicted molar refractivity (Wildman–Crippen MR) is 46.1 cm³/mol. The second kappa shape index (κ2) is 8.92. The van der Waals surface area contributed by atoms with Gasteiger partial charge in [-0.2, -0.15) is 0 Å². The van der Waals surface area contributed by atoms with E-state index in [1.807, 2.05) is 0 Å². The Morgan fingerprint density at radius 3 is 2.10 bits per heavy atom. The fourth-order valence-electron chi connectivity index (χ4n) is 0.404. The molecule has 1 aliphatic carbocycles. The molecular weight excluding hydrogens is 124 g/mol. The zero-order valence-electron chi connectivity index (χ0n) is 7.03. The normalized spacial score (nSPS) is 13.8. The van der Waals surface area contributed by atoms with Crippen molar-refractivity contribution >= 4 is 0 Å². The number of rotatable bonds is 4. The molecule has 0 aliphatic heterocycles. The van der Waals surface area contributed by atoms with E-state index in [2.05, 4.69) is 12.2 Å². The van der Waals surface area contributed by atoms with Gasteiger partial charge in [-0.15, -0.1) is 0 Å². The van der Waals surface area contributed by atoms with Crippen LogP contribution in [0.3, 0.4) is 0 Å². The van der Waals surface area contributed by atoms with Crippen LogP contribution in [-0.2, 0) is 0 Å². The van der Waals surface area contributed by atoms with Crippen LogP contribution in [-0.4, -0.2) is 19.6 Å². The van der Waals surface area contributed by atoms with Gasteiger partial charge in [-0.3, -0.25) is 0 Å². The highest BCUT2D eigenvalue weighted by Gasteiger charge is 1.95. The van der Waals surface area contributed by atoms with Gasteiger partial charge in [-0.25, -0.2) is 0 Å². The topological polar surface area (TPSA) is 38.0 Å². The highest BCUT2D eigenvalue weighted by Crippen LogP contribution is 2.14. The molecule has 0 bridgehead atoms. The molecule has 0 amide bonds. The van der Waals surface area contributed by atoms with Gasteiger partial charge in [0.15, 0.2) is 0 Å². The molecule has 0 aromatic rings. The lowest BCUT2D eigenvalue weighted by Crippen LogP contribution is -2.22. The highest BCUT2D eigenvalue weighted by molar-refractivity contribution is 4.50. The van der Waals surface area contributed by atoms with E-state index in [-0.39, 0.29) is 0 Å². The molecule has 0 unspecified atom stereocenters. The minimum atomic E-state index is 0.750. The summed E-state index contributed by atoms with van der Waals surface area (Å²) in [4.78, 5) is 0. The van der Waals surface area contributed by atoms with Crippen molar-refractivity contribution in [3.05, 3.63) is 0 Å². The van der Waals surface area contributed by atoms with E-state index in [9.17, 15) is 0 Å². The van der Waals surface area contributed by atoms with Crippen LogP contribution in [0.1, 0.15) is 32.6 Å². The molecule has 0 saturated heterocycles. The Labute approximate surface area is 64.2 Å². The number of hydrogen-bond donors (Lipinski definition) is 2. The third-order valence-electron chi connectivity index (χ3n) is 1.10. The van der Waals surface area contributed by atoms with Crippen LogP contribution in [0.5, 0.6) is 0 Å². The van der Waals surface area contributed by atoms with E-state index in [4.69, 9.17) is 5.73 Å². The zero-order valence-corrected chi connectivity index (χ0v) is 7.03. The molecule has 1 fully saturated rings. The van der Waals surface area contributed by atoms with Gasteiger partial charge in [0.25, 0.3) is 0 Å². The molecule has 0 heterocycles. The average Bonchev–Trinajstić information content (AvgIpc) is 2.73. The van der Waals surface area contributed by atoms with E-state index in [1.54, 1.807) is 0 Å². The molecule has 3 N–H and O–H groups in total. The van der Waals surface area contributed by atoms with Crippen molar-refractivity contribution in [2.45, 2.75) is 32.6 Å². The average molecular weight is 144 g/mol. The van der Waals surface area contributed by atoms with Gasteiger partial charge < -0.3 is 11.1 Å². The largest absolute Gasteiger partial charge is 0.329 e. The number of nitrogens with one attached hydrogen (secondary N) is 1. The molecule has 1 rings (SSSR count). The summed E-state index contributed by atoms with van der Waals surface area (Å²) >= 11 is 0. The minimum absolute atomic E-state index is 0.750. The fourth-order valence-corrected chi connectivity index (χ4v) is 0.404. The fraction of sp³-hybridized carbons (Fsp3) is 1.00. The third kappa shape index (κ3) is 15.7. The van der Waals surface area contributed by atoms with Gasteiger partial charge in [0, 0.05) is 13.1 Å². The molecule has 1 aliphatic rings. The summed E-state index contributed by atoms with van der Waals surface area (Å²) in [6.45, 7) is 4.94. The lowest BCUT2D eigenvalue weighted by Gasteiger charge is -1.95. The maximum atomic E-state index is 5.21. The molecule has 0 atom stereocenters. The first-order valence-electron chi connectivity index (χ1n) is 4.32. The van der Waals surface area contributed by atoms with Crippen molar-refractivity contribution in [1.29, 1.82) is 0 Å². The van der Waals surface area contributed by atoms with Crippen LogP contribution in [0, 0.1) is 0 Å². The van der Waals surface area contributed by atoms with Gasteiger partial charge in [0.1, 0.15) is 0 Å². The van der Waals surface area contributed by atoms with Gasteiger partial charge >= 0.3 is 0 Å². The highest BCUT2D eigenvalue weighted by atomic mass is 14.9. The Bertz CT molecular complexity index is 46.5. The van der Waals surface area contributed by atoms with E-state index in [0.29, 0.717) is 0 Å². The Morgan fingerprint density at radius 1 is 1.20 bits per heavy atom. The van der Waals surface area contributed by atoms with E-state index in [1.165, 1.54) is 25.7 Å². The predicted octanol–water partition coefficient (Wildman–Crippen LogP) is 1.11. The monoisotopic (exact) mass is 144 g/mol. The van der Waals surface area contributed by atoms with E-state index < -0.39 is 0 Å². The van der Waals surface area contributed by atoms with Crippen LogP contribution in [0.15, 0.2) is 0 Å². The molecule has 0 radical (unpaired) electrons. The van der Waals surface area contributed by atoms with Crippen LogP contribution in [0.2, 0.25) is 0 Å². The molecule has 10 heavy (non-hydrogen) atoms. The molecule has 0 aromatic carbocycles. The molecule has 0 spiro atoms. The maximum absolute atomic E-state index is 5.21. The van der Waals surface area contributed by atoms with Crippen molar-refractivity contribution in [2.24, 2.45) is 5.73 Å². The number of nitrogens with two attached hydrogens (primary N) is 1. The minimum Gasteiger partial charge on any atom is -0.329 e. The van der Waals surface area contributed by atoms with Crippen molar-refractivity contribution in [3.8, 4) is 0 Å². The molecule has 1 saturated carbocycles. The summed E-state index contributed by atoms with van der Waals surface area (Å²) in [6.07, 6.45) is 5.69. The van der Waals surface area contributed by atoms with Crippen LogP contribution >= 0.6 is 0 Å². The quantitative estimate of drug-likeness (QED) is 0.580. The first kappa shape index (κ1) is 9.92. The molecule has 2 heteroatoms. The van der Waals surface area contributed by atoms with Gasteiger partial charge in [-0.05, 0) is 13.0 Å². The zero-order chi connectivity index (χ0) is 7.66. The second-order valence-electron chi connectivity index (χ2n) is 2.60. The maximum Gasteiger partial charge on any atom is 0.00744 e. The molecular formula is C8H20N2. The van der Waals surface area contributed by atoms with Crippen LogP contribution < -0.4 is 11.1 Å². The van der Waals surface area contributed by atoms with Crippen LogP contribution in [0.4, 0.5) is 0 Å². The first-order valence-corrected chi connectivity index (χ1v) is 4.32. The summed E-state index contributed by atoms with van der Waals surface area (Å²) < 4.78 is 0. The van der Waals surface area contributed by atoms with Crippen molar-refractivity contribution in [2.75, 3.05) is 19.6 Å². The molecule has 0 aromatic heterocycles. The Hall–Kier alpha value is -0.0800. The second-order valence-corrected chi connectivity index (χ2v) is 2.60. The lowest BCUT2D eigenvalue weighted by molar-refractivity contribution is 0.678. The first-order chi connectivity index (χ1) is 4.91. The van der Waals surface area contributed by atoms with Crippen molar-refractivity contribution in [3.63, 3.8) is 0 Å². The third-order valence-corrected chi connectivity index (χ3v) is 1.10. The molecule has 2 nitrogen and oxygen atoms in total. The van der Waals surface area contributed by atoms with E-state index in [0.717, 1.165) is 19.6 Å². The van der Waals surface area contributed by atoms with Gasteiger partial charge in [0.05, 0.1) is 0 Å². The summed E-state index contributed by atoms with van der Waals surface area (Å²) in [7, 11) is 0. The van der Waals surface area contributed by atoms with Crippen molar-refractivity contribution in [1.82, 2.24) is 5.32 Å².